The van der Waals surface area contributed by atoms with Crippen LogP contribution in [0.15, 0.2) is 9.79 Å². The number of nitrogen functional groups attached to an aromatic ring is 1. The van der Waals surface area contributed by atoms with Gasteiger partial charge in [-0.3, -0.25) is 9.78 Å². The van der Waals surface area contributed by atoms with Crippen molar-refractivity contribution in [2.24, 2.45) is 4.99 Å². The Balaban J connectivity index is 2.47. The zero-order valence-electron chi connectivity index (χ0n) is 8.82. The van der Waals surface area contributed by atoms with Gasteiger partial charge in [0.05, 0.1) is 18.4 Å². The van der Waals surface area contributed by atoms with Gasteiger partial charge in [0.15, 0.2) is 11.5 Å². The molecule has 1 atom stereocenters. The first-order valence-corrected chi connectivity index (χ1v) is 5.01. The molecular weight excluding hydrogens is 210 g/mol. The molecule has 16 heavy (non-hydrogen) atoms. The summed E-state index contributed by atoms with van der Waals surface area (Å²) in [6.45, 7) is 2.21. The predicted molar refractivity (Wildman–Crippen MR) is 61.2 cm³/mol. The van der Waals surface area contributed by atoms with Gasteiger partial charge in [0, 0.05) is 0 Å². The summed E-state index contributed by atoms with van der Waals surface area (Å²) >= 11 is 0. The predicted octanol–water partition coefficient (Wildman–Crippen LogP) is -0.379. The minimum absolute atomic E-state index is 0.0472. The van der Waals surface area contributed by atoms with E-state index >= 15 is 0 Å². The van der Waals surface area contributed by atoms with E-state index in [1.165, 1.54) is 0 Å². The third-order valence-electron chi connectivity index (χ3n) is 2.38. The van der Waals surface area contributed by atoms with Crippen molar-refractivity contribution in [1.29, 1.82) is 0 Å². The normalized spacial score (nSPS) is 16.0. The molecule has 7 heteroatoms. The second-order valence-corrected chi connectivity index (χ2v) is 3.53. The van der Waals surface area contributed by atoms with E-state index in [4.69, 9.17) is 5.73 Å². The molecule has 0 saturated heterocycles. The number of nitrogens with two attached hydrogens (primary N) is 1. The third kappa shape index (κ3) is 1.76. The largest absolute Gasteiger partial charge is 0.387 e. The molecule has 1 unspecified atom stereocenters. The molecule has 0 fully saturated rings. The second-order valence-electron chi connectivity index (χ2n) is 3.53. The number of aliphatic hydroxyl groups is 1. The molecule has 5 N–H and O–H groups in total. The zero-order chi connectivity index (χ0) is 11.7. The van der Waals surface area contributed by atoms with Crippen LogP contribution in [-0.2, 0) is 0 Å². The summed E-state index contributed by atoms with van der Waals surface area (Å²) < 4.78 is 0. The molecule has 1 aliphatic heterocycles. The SMILES string of the molecule is CCC(O)C1=Nc2c(nc(N)[nH]c2=O)NC1. The molecule has 7 nitrogen and oxygen atoms in total. The lowest BCUT2D eigenvalue weighted by Crippen LogP contribution is -2.31. The molecule has 0 bridgehead atoms. The topological polar surface area (TPSA) is 116 Å². The lowest BCUT2D eigenvalue weighted by Gasteiger charge is -2.18. The maximum absolute atomic E-state index is 11.5. The van der Waals surface area contributed by atoms with Crippen molar-refractivity contribution < 1.29 is 5.11 Å². The van der Waals surface area contributed by atoms with Crippen LogP contribution in [0.4, 0.5) is 17.5 Å². The van der Waals surface area contributed by atoms with E-state index in [9.17, 15) is 9.90 Å². The minimum Gasteiger partial charge on any atom is -0.387 e. The van der Waals surface area contributed by atoms with Gasteiger partial charge in [-0.1, -0.05) is 6.92 Å². The quantitative estimate of drug-likeness (QED) is 0.545. The number of nitrogens with zero attached hydrogens (tertiary/aromatic N) is 2. The molecule has 86 valence electrons. The monoisotopic (exact) mass is 223 g/mol. The molecule has 1 aromatic rings. The van der Waals surface area contributed by atoms with Crippen LogP contribution in [0, 0.1) is 0 Å². The average molecular weight is 223 g/mol. The van der Waals surface area contributed by atoms with Crippen LogP contribution in [0.2, 0.25) is 0 Å². The van der Waals surface area contributed by atoms with Crippen LogP contribution < -0.4 is 16.6 Å². The molecule has 1 aromatic heterocycles. The molecule has 2 rings (SSSR count). The number of H-pyrrole nitrogens is 1. The Morgan fingerprint density at radius 2 is 2.38 bits per heavy atom. The van der Waals surface area contributed by atoms with E-state index in [1.807, 2.05) is 6.92 Å². The van der Waals surface area contributed by atoms with Gasteiger partial charge in [0.25, 0.3) is 5.56 Å². The van der Waals surface area contributed by atoms with E-state index in [-0.39, 0.29) is 11.6 Å². The van der Waals surface area contributed by atoms with Gasteiger partial charge in [0.2, 0.25) is 5.95 Å². The fraction of sp³-hybridized carbons (Fsp3) is 0.444. The first-order valence-electron chi connectivity index (χ1n) is 5.01. The van der Waals surface area contributed by atoms with Crippen molar-refractivity contribution in [3.05, 3.63) is 10.4 Å². The number of hydrogen-bond acceptors (Lipinski definition) is 6. The van der Waals surface area contributed by atoms with Gasteiger partial charge in [-0.05, 0) is 6.42 Å². The molecule has 0 aromatic carbocycles. The molecule has 1 aliphatic rings. The van der Waals surface area contributed by atoms with Crippen molar-refractivity contribution >= 4 is 23.2 Å². The number of aromatic nitrogens is 2. The summed E-state index contributed by atoms with van der Waals surface area (Å²) in [7, 11) is 0. The highest BCUT2D eigenvalue weighted by Gasteiger charge is 2.20. The van der Waals surface area contributed by atoms with E-state index in [0.717, 1.165) is 0 Å². The first-order chi connectivity index (χ1) is 7.61. The number of hydrogen-bond donors (Lipinski definition) is 4. The summed E-state index contributed by atoms with van der Waals surface area (Å²) in [5, 5.41) is 12.5. The standard InChI is InChI=1S/C9H13N5O2/c1-2-5(15)4-3-11-7-6(12-4)8(16)14-9(10)13-7/h5,15H,2-3H2,1H3,(H4,10,11,13,14,16). The maximum atomic E-state index is 11.5. The summed E-state index contributed by atoms with van der Waals surface area (Å²) in [5.74, 6) is 0.402. The summed E-state index contributed by atoms with van der Waals surface area (Å²) in [6.07, 6.45) is -0.0894. The second kappa shape index (κ2) is 3.93. The Hall–Kier alpha value is -1.89. The number of aliphatic hydroxyl groups excluding tert-OH is 1. The van der Waals surface area contributed by atoms with Crippen molar-refractivity contribution in [1.82, 2.24) is 9.97 Å². The van der Waals surface area contributed by atoms with Gasteiger partial charge in [-0.15, -0.1) is 0 Å². The Bertz CT molecular complexity index is 493. The highest BCUT2D eigenvalue weighted by molar-refractivity contribution is 5.97. The number of aromatic amines is 1. The van der Waals surface area contributed by atoms with Crippen LogP contribution in [0.1, 0.15) is 13.3 Å². The third-order valence-corrected chi connectivity index (χ3v) is 2.38. The van der Waals surface area contributed by atoms with Gasteiger partial charge in [-0.25, -0.2) is 4.99 Å². The van der Waals surface area contributed by atoms with Gasteiger partial charge >= 0.3 is 0 Å². The number of fused-ring (bicyclic) bond motifs is 1. The summed E-state index contributed by atoms with van der Waals surface area (Å²) in [5.41, 5.74) is 5.70. The maximum Gasteiger partial charge on any atom is 0.280 e. The highest BCUT2D eigenvalue weighted by Crippen LogP contribution is 2.22. The van der Waals surface area contributed by atoms with Crippen molar-refractivity contribution in [2.75, 3.05) is 17.6 Å². The van der Waals surface area contributed by atoms with Crippen LogP contribution in [-0.4, -0.2) is 33.4 Å². The fourth-order valence-electron chi connectivity index (χ4n) is 1.50. The Labute approximate surface area is 91.4 Å². The van der Waals surface area contributed by atoms with E-state index in [0.29, 0.717) is 24.5 Å². The van der Waals surface area contributed by atoms with Crippen LogP contribution in [0.25, 0.3) is 0 Å². The number of rotatable bonds is 2. The number of anilines is 2. The smallest absolute Gasteiger partial charge is 0.280 e. The van der Waals surface area contributed by atoms with Gasteiger partial charge in [0.1, 0.15) is 0 Å². The van der Waals surface area contributed by atoms with Gasteiger partial charge < -0.3 is 16.2 Å². The summed E-state index contributed by atoms with van der Waals surface area (Å²) in [6, 6.07) is 0. The Morgan fingerprint density at radius 3 is 3.06 bits per heavy atom. The highest BCUT2D eigenvalue weighted by atomic mass is 16.3. The number of aliphatic imine (C=N–C) groups is 1. The van der Waals surface area contributed by atoms with Crippen molar-refractivity contribution in [3.8, 4) is 0 Å². The van der Waals surface area contributed by atoms with Gasteiger partial charge in [-0.2, -0.15) is 4.98 Å². The van der Waals surface area contributed by atoms with Crippen molar-refractivity contribution in [2.45, 2.75) is 19.4 Å². The molecule has 2 heterocycles. The molecule has 0 saturated carbocycles. The lowest BCUT2D eigenvalue weighted by atomic mass is 10.1. The molecule has 0 spiro atoms. The van der Waals surface area contributed by atoms with Crippen LogP contribution >= 0.6 is 0 Å². The molecule has 0 aliphatic carbocycles. The van der Waals surface area contributed by atoms with Crippen molar-refractivity contribution in [3.63, 3.8) is 0 Å². The van der Waals surface area contributed by atoms with Crippen LogP contribution in [0.3, 0.4) is 0 Å². The minimum atomic E-state index is -0.641. The van der Waals surface area contributed by atoms with E-state index in [1.54, 1.807) is 0 Å². The zero-order valence-corrected chi connectivity index (χ0v) is 8.82. The molecular formula is C9H13N5O2. The van der Waals surface area contributed by atoms with E-state index in [2.05, 4.69) is 20.3 Å². The Kier molecular flexibility index (Phi) is 2.61. The summed E-state index contributed by atoms with van der Waals surface area (Å²) in [4.78, 5) is 21.9. The average Bonchev–Trinajstić information content (AvgIpc) is 2.27. The molecule has 0 amide bonds. The molecule has 0 radical (unpaired) electrons. The van der Waals surface area contributed by atoms with Crippen LogP contribution in [0.5, 0.6) is 0 Å². The Morgan fingerprint density at radius 1 is 1.62 bits per heavy atom. The fourth-order valence-corrected chi connectivity index (χ4v) is 1.50. The first kappa shape index (κ1) is 10.6. The van der Waals surface area contributed by atoms with E-state index < -0.39 is 11.7 Å². The lowest BCUT2D eigenvalue weighted by molar-refractivity contribution is 0.236. The number of nitrogens with one attached hydrogen (secondary N) is 2.